The number of nitrogens with zero attached hydrogens (tertiary/aromatic N) is 6. The van der Waals surface area contributed by atoms with Crippen LogP contribution in [0.5, 0.6) is 5.75 Å². The van der Waals surface area contributed by atoms with E-state index in [4.69, 9.17) is 16.3 Å². The fraction of sp³-hybridized carbons (Fsp3) is 0.295. The fourth-order valence-corrected chi connectivity index (χ4v) is 8.92. The molecule has 0 unspecified atom stereocenters. The van der Waals surface area contributed by atoms with Crippen LogP contribution in [-0.4, -0.2) is 80.0 Å². The van der Waals surface area contributed by atoms with Crippen molar-refractivity contribution in [2.75, 3.05) is 37.7 Å². The van der Waals surface area contributed by atoms with Gasteiger partial charge in [0.05, 0.1) is 36.2 Å². The van der Waals surface area contributed by atoms with Crippen LogP contribution in [0.3, 0.4) is 0 Å². The number of benzene rings is 4. The molecule has 1 fully saturated rings. The monoisotopic (exact) mass is 790 g/mol. The van der Waals surface area contributed by atoms with E-state index in [2.05, 4.69) is 20.6 Å². The van der Waals surface area contributed by atoms with Crippen LogP contribution in [0.1, 0.15) is 50.4 Å². The highest BCUT2D eigenvalue weighted by Crippen LogP contribution is 2.38. The number of ether oxygens (including phenoxy) is 1. The van der Waals surface area contributed by atoms with Crippen molar-refractivity contribution in [1.82, 2.24) is 24.1 Å². The summed E-state index contributed by atoms with van der Waals surface area (Å²) in [6, 6.07) is 28.3. The summed E-state index contributed by atoms with van der Waals surface area (Å²) in [4.78, 5) is 36.2. The van der Waals surface area contributed by atoms with Crippen LogP contribution >= 0.6 is 24.0 Å². The first-order chi connectivity index (χ1) is 26.8. The maximum Gasteiger partial charge on any atom is 0.264 e. The molecule has 12 heteroatoms. The van der Waals surface area contributed by atoms with Crippen LogP contribution in [0.4, 0.5) is 11.4 Å². The van der Waals surface area contributed by atoms with Crippen molar-refractivity contribution < 1.29 is 19.4 Å². The smallest absolute Gasteiger partial charge is 0.264 e. The van der Waals surface area contributed by atoms with Crippen molar-refractivity contribution in [3.05, 3.63) is 130 Å². The molecule has 0 bridgehead atoms. The number of carbonyl (C=O) groups is 2. The third-order valence-electron chi connectivity index (χ3n) is 11.5. The van der Waals surface area contributed by atoms with Gasteiger partial charge in [-0.2, -0.15) is 5.10 Å². The summed E-state index contributed by atoms with van der Waals surface area (Å²) in [5.74, 6) is -0.0879. The summed E-state index contributed by atoms with van der Waals surface area (Å²) in [5, 5.41) is 16.2. The van der Waals surface area contributed by atoms with Crippen molar-refractivity contribution in [1.29, 1.82) is 0 Å². The average Bonchev–Trinajstić information content (AvgIpc) is 3.79. The second kappa shape index (κ2) is 15.8. The number of phenolic OH excluding ortho intramolecular Hbond substituents is 1. The molecule has 3 aliphatic heterocycles. The maximum absolute atomic E-state index is 15.1. The summed E-state index contributed by atoms with van der Waals surface area (Å²) in [7, 11) is 1.90. The van der Waals surface area contributed by atoms with E-state index in [-0.39, 0.29) is 36.0 Å². The zero-order chi connectivity index (χ0) is 37.6. The van der Waals surface area contributed by atoms with E-state index in [1.807, 2.05) is 77.3 Å². The number of halogens is 2. The first-order valence-electron chi connectivity index (χ1n) is 19.1. The first-order valence-corrected chi connectivity index (χ1v) is 19.5. The van der Waals surface area contributed by atoms with Crippen LogP contribution in [0.2, 0.25) is 5.02 Å². The zero-order valence-electron chi connectivity index (χ0n) is 31.2. The average molecular weight is 792 g/mol. The minimum atomic E-state index is -0.176. The number of carbonyl (C=O) groups excluding carboxylic acids is 2. The molecule has 288 valence electrons. The molecule has 0 saturated carbocycles. The highest BCUT2D eigenvalue weighted by Gasteiger charge is 2.35. The highest BCUT2D eigenvalue weighted by molar-refractivity contribution is 6.31. The third-order valence-corrected chi connectivity index (χ3v) is 11.8. The van der Waals surface area contributed by atoms with Gasteiger partial charge in [-0.15, -0.1) is 12.4 Å². The van der Waals surface area contributed by atoms with Gasteiger partial charge in [-0.25, -0.2) is 0 Å². The number of aromatic nitrogens is 3. The molecule has 0 radical (unpaired) electrons. The summed E-state index contributed by atoms with van der Waals surface area (Å²) in [6.07, 6.45) is 5.16. The second-order valence-electron chi connectivity index (χ2n) is 14.8. The lowest BCUT2D eigenvalue weighted by molar-refractivity contribution is 0.0193. The van der Waals surface area contributed by atoms with Gasteiger partial charge >= 0.3 is 0 Å². The number of hydrogen-bond acceptors (Lipinski definition) is 6. The molecular formula is C44H44Cl2N6O4. The molecule has 4 aromatic carbocycles. The van der Waals surface area contributed by atoms with Crippen LogP contribution in [0, 0.1) is 0 Å². The van der Waals surface area contributed by atoms with E-state index >= 15 is 9.59 Å². The van der Waals surface area contributed by atoms with Crippen molar-refractivity contribution in [2.45, 2.75) is 44.8 Å². The Kier molecular flexibility index (Phi) is 10.6. The molecule has 6 aromatic rings. The Morgan fingerprint density at radius 3 is 2.52 bits per heavy atom. The molecule has 10 nitrogen and oxygen atoms in total. The van der Waals surface area contributed by atoms with Crippen molar-refractivity contribution >= 4 is 58.1 Å². The van der Waals surface area contributed by atoms with E-state index in [1.54, 1.807) is 35.4 Å². The van der Waals surface area contributed by atoms with Gasteiger partial charge in [0.2, 0.25) is 0 Å². The van der Waals surface area contributed by atoms with E-state index in [0.29, 0.717) is 48.7 Å². The topological polar surface area (TPSA) is 96.1 Å². The Labute approximate surface area is 337 Å². The molecule has 2 aromatic heterocycles. The van der Waals surface area contributed by atoms with Crippen LogP contribution < -0.4 is 4.90 Å². The Bertz CT molecular complexity index is 2420. The second-order valence-corrected chi connectivity index (χ2v) is 15.2. The van der Waals surface area contributed by atoms with Crippen LogP contribution in [0.15, 0.2) is 97.2 Å². The van der Waals surface area contributed by atoms with E-state index < -0.39 is 0 Å². The number of hydrogen-bond donors (Lipinski definition) is 1. The van der Waals surface area contributed by atoms with E-state index in [0.717, 1.165) is 89.4 Å². The lowest BCUT2D eigenvalue weighted by atomic mass is 9.92. The van der Waals surface area contributed by atoms with Gasteiger partial charge in [-0.1, -0.05) is 41.9 Å². The molecule has 5 heterocycles. The summed E-state index contributed by atoms with van der Waals surface area (Å²) in [6.45, 7) is 4.98. The number of amides is 2. The molecule has 1 atom stereocenters. The zero-order valence-corrected chi connectivity index (χ0v) is 32.8. The highest BCUT2D eigenvalue weighted by atomic mass is 35.5. The largest absolute Gasteiger partial charge is 0.508 e. The number of phenols is 1. The molecule has 3 aliphatic rings. The lowest BCUT2D eigenvalue weighted by Crippen LogP contribution is -2.52. The van der Waals surface area contributed by atoms with Crippen LogP contribution in [-0.2, 0) is 37.7 Å². The molecular weight excluding hydrogens is 747 g/mol. The Morgan fingerprint density at radius 1 is 0.911 bits per heavy atom. The number of rotatable bonds is 7. The van der Waals surface area contributed by atoms with Gasteiger partial charge in [0.15, 0.2) is 0 Å². The summed E-state index contributed by atoms with van der Waals surface area (Å²) < 4.78 is 9.70. The Hall–Kier alpha value is -5.13. The number of morpholine rings is 1. The predicted octanol–water partition coefficient (Wildman–Crippen LogP) is 8.04. The standard InChI is InChI=1S/C44H43ClN6O4.ClH/c1-47-40-17-14-32(23-30(40)26-46-47)51(31-12-15-34(52)16-13-31)44(54)38-25-42(49-18-5-4-11-41(38)49)35-8-2-3-9-36(35)43(53)50-27-29-7-6-10-39(45)37(29)24-33(50)28-48-19-21-55-22-20-48;/h2-3,6-10,12-17,23,25-26,33,52H,4-5,11,18-22,24,27-28H2,1H3;1H/t33-;/m0./s1. The molecule has 9 rings (SSSR count). The minimum absolute atomic E-state index is 0. The molecule has 0 aliphatic carbocycles. The first kappa shape index (κ1) is 37.8. The molecule has 2 amide bonds. The Morgan fingerprint density at radius 2 is 1.70 bits per heavy atom. The molecule has 1 saturated heterocycles. The third kappa shape index (κ3) is 6.96. The van der Waals surface area contributed by atoms with Crippen molar-refractivity contribution in [3.63, 3.8) is 0 Å². The molecule has 0 spiro atoms. The van der Waals surface area contributed by atoms with Gasteiger partial charge in [0, 0.05) is 84.4 Å². The van der Waals surface area contributed by atoms with Gasteiger partial charge in [0.1, 0.15) is 5.75 Å². The quantitative estimate of drug-likeness (QED) is 0.176. The lowest BCUT2D eigenvalue weighted by Gasteiger charge is -2.41. The van der Waals surface area contributed by atoms with Crippen molar-refractivity contribution in [3.8, 4) is 17.0 Å². The summed E-state index contributed by atoms with van der Waals surface area (Å²) >= 11 is 6.74. The van der Waals surface area contributed by atoms with Gasteiger partial charge in [-0.3, -0.25) is 24.1 Å². The molecule has 56 heavy (non-hydrogen) atoms. The predicted molar refractivity (Wildman–Crippen MR) is 221 cm³/mol. The minimum Gasteiger partial charge on any atom is -0.508 e. The van der Waals surface area contributed by atoms with E-state index in [1.165, 1.54) is 0 Å². The van der Waals surface area contributed by atoms with Gasteiger partial charge in [0.25, 0.3) is 11.8 Å². The van der Waals surface area contributed by atoms with Crippen molar-refractivity contribution in [2.24, 2.45) is 7.05 Å². The number of aromatic hydroxyl groups is 1. The normalized spacial score (nSPS) is 16.9. The number of anilines is 2. The van der Waals surface area contributed by atoms with Gasteiger partial charge < -0.3 is 19.3 Å². The molecule has 1 N–H and O–H groups in total. The maximum atomic E-state index is 15.1. The van der Waals surface area contributed by atoms with E-state index in [9.17, 15) is 5.11 Å². The SMILES string of the molecule is Cl.Cn1ncc2cc(N(C(=O)c3cc(-c4ccccc4C(=O)N4Cc5cccc(Cl)c5C[C@H]4CN4CCOCC4)n4c3CCCC4)c3ccc(O)cc3)ccc21. The van der Waals surface area contributed by atoms with Gasteiger partial charge in [-0.05, 0) is 97.5 Å². The van der Waals surface area contributed by atoms with Crippen LogP contribution in [0.25, 0.3) is 22.2 Å². The number of aryl methyl sites for hydroxylation is 1. The number of fused-ring (bicyclic) bond motifs is 3. The fourth-order valence-electron chi connectivity index (χ4n) is 8.65. The Balaban J connectivity index is 0.00000441. The summed E-state index contributed by atoms with van der Waals surface area (Å²) in [5.41, 5.74) is 8.32.